The van der Waals surface area contributed by atoms with Crippen LogP contribution in [0.25, 0.3) is 0 Å². The summed E-state index contributed by atoms with van der Waals surface area (Å²) in [6.07, 6.45) is 0. The maximum atomic E-state index is 5.59. The lowest BCUT2D eigenvalue weighted by molar-refractivity contribution is 0.148. The van der Waals surface area contributed by atoms with Gasteiger partial charge in [0.2, 0.25) is 0 Å². The third-order valence-electron chi connectivity index (χ3n) is 3.65. The van der Waals surface area contributed by atoms with E-state index in [1.165, 1.54) is 16.8 Å². The molecule has 1 aliphatic heterocycles. The van der Waals surface area contributed by atoms with E-state index in [9.17, 15) is 0 Å². The molecule has 0 radical (unpaired) electrons. The Hall–Kier alpha value is -1.13. The van der Waals surface area contributed by atoms with Gasteiger partial charge in [0.15, 0.2) is 5.11 Å². The number of thiocarbonyl (C=S) groups is 1. The van der Waals surface area contributed by atoms with Crippen LogP contribution in [0.4, 0.5) is 5.69 Å². The molecular formula is C15H23N3S. The van der Waals surface area contributed by atoms with Crippen molar-refractivity contribution in [3.63, 3.8) is 0 Å². The lowest BCUT2D eigenvalue weighted by Crippen LogP contribution is -2.58. The number of aryl methyl sites for hydroxylation is 2. The van der Waals surface area contributed by atoms with Crippen LogP contribution in [0.15, 0.2) is 18.2 Å². The van der Waals surface area contributed by atoms with Gasteiger partial charge in [-0.15, -0.1) is 0 Å². The largest absolute Gasteiger partial charge is 0.339 e. The Morgan fingerprint density at radius 3 is 2.42 bits per heavy atom. The molecule has 19 heavy (non-hydrogen) atoms. The van der Waals surface area contributed by atoms with E-state index in [2.05, 4.69) is 67.6 Å². The van der Waals surface area contributed by atoms with Crippen molar-refractivity contribution in [2.24, 2.45) is 0 Å². The monoisotopic (exact) mass is 277 g/mol. The second-order valence-electron chi connectivity index (χ2n) is 5.66. The molecule has 4 heteroatoms. The maximum Gasteiger partial charge on any atom is 0.178 e. The average Bonchev–Trinajstić information content (AvgIpc) is 2.33. The van der Waals surface area contributed by atoms with E-state index in [4.69, 9.17) is 12.2 Å². The molecule has 0 amide bonds. The molecule has 1 aliphatic rings. The summed E-state index contributed by atoms with van der Waals surface area (Å²) in [5, 5.41) is 0.906. The minimum Gasteiger partial charge on any atom is -0.339 e. The van der Waals surface area contributed by atoms with Gasteiger partial charge in [-0.1, -0.05) is 17.7 Å². The molecule has 0 aliphatic carbocycles. The van der Waals surface area contributed by atoms with Gasteiger partial charge in [-0.3, -0.25) is 4.90 Å². The molecule has 0 aromatic heterocycles. The first-order valence-electron chi connectivity index (χ1n) is 6.74. The SMILES string of the molecule is Cc1ccc(N2CN(C(C)C)CN(C)C2=S)c(C)c1. The van der Waals surface area contributed by atoms with Crippen molar-refractivity contribution in [3.05, 3.63) is 29.3 Å². The van der Waals surface area contributed by atoms with E-state index in [1.807, 2.05) is 0 Å². The van der Waals surface area contributed by atoms with Gasteiger partial charge < -0.3 is 9.80 Å². The summed E-state index contributed by atoms with van der Waals surface area (Å²) in [5.41, 5.74) is 3.78. The Kier molecular flexibility index (Phi) is 4.11. The zero-order valence-corrected chi connectivity index (χ0v) is 13.3. The summed E-state index contributed by atoms with van der Waals surface area (Å²) in [5.74, 6) is 0. The van der Waals surface area contributed by atoms with E-state index in [1.54, 1.807) is 0 Å². The third-order valence-corrected chi connectivity index (χ3v) is 4.18. The normalized spacial score (nSPS) is 17.5. The molecule has 0 saturated carbocycles. The van der Waals surface area contributed by atoms with E-state index >= 15 is 0 Å². The highest BCUT2D eigenvalue weighted by Crippen LogP contribution is 2.25. The van der Waals surface area contributed by atoms with E-state index < -0.39 is 0 Å². The van der Waals surface area contributed by atoms with E-state index in [0.29, 0.717) is 6.04 Å². The molecule has 1 aromatic carbocycles. The first-order chi connectivity index (χ1) is 8.90. The second kappa shape index (κ2) is 5.47. The molecule has 2 rings (SSSR count). The number of rotatable bonds is 2. The van der Waals surface area contributed by atoms with Gasteiger partial charge in [0, 0.05) is 18.8 Å². The fourth-order valence-electron chi connectivity index (χ4n) is 2.44. The molecule has 0 spiro atoms. The van der Waals surface area contributed by atoms with Crippen molar-refractivity contribution in [3.8, 4) is 0 Å². The van der Waals surface area contributed by atoms with Gasteiger partial charge in [-0.2, -0.15) is 0 Å². The minimum atomic E-state index is 0.513. The van der Waals surface area contributed by atoms with Crippen LogP contribution in [0, 0.1) is 13.8 Å². The zero-order chi connectivity index (χ0) is 14.2. The quantitative estimate of drug-likeness (QED) is 0.769. The first kappa shape index (κ1) is 14.3. The van der Waals surface area contributed by atoms with Gasteiger partial charge in [-0.05, 0) is 51.5 Å². The Bertz CT molecular complexity index is 484. The van der Waals surface area contributed by atoms with Gasteiger partial charge in [-0.25, -0.2) is 0 Å². The molecule has 1 saturated heterocycles. The van der Waals surface area contributed by atoms with Crippen LogP contribution < -0.4 is 4.90 Å². The molecule has 0 atom stereocenters. The van der Waals surface area contributed by atoms with Gasteiger partial charge in [0.1, 0.15) is 0 Å². The van der Waals surface area contributed by atoms with Crippen LogP contribution >= 0.6 is 12.2 Å². The summed E-state index contributed by atoms with van der Waals surface area (Å²) in [7, 11) is 2.06. The highest BCUT2D eigenvalue weighted by Gasteiger charge is 2.27. The van der Waals surface area contributed by atoms with Crippen molar-refractivity contribution in [2.75, 3.05) is 25.3 Å². The summed E-state index contributed by atoms with van der Waals surface area (Å²) in [6, 6.07) is 7.05. The van der Waals surface area contributed by atoms with Crippen LogP contribution in [-0.2, 0) is 0 Å². The standard InChI is InChI=1S/C15H23N3S/c1-11(2)17-9-16(5)15(19)18(10-17)14-7-6-12(3)8-13(14)4/h6-8,11H,9-10H2,1-5H3. The van der Waals surface area contributed by atoms with Crippen molar-refractivity contribution in [1.82, 2.24) is 9.80 Å². The summed E-state index contributed by atoms with van der Waals surface area (Å²) >= 11 is 5.59. The van der Waals surface area contributed by atoms with E-state index in [-0.39, 0.29) is 0 Å². The zero-order valence-electron chi connectivity index (χ0n) is 12.5. The fraction of sp³-hybridized carbons (Fsp3) is 0.533. The highest BCUT2D eigenvalue weighted by molar-refractivity contribution is 7.80. The minimum absolute atomic E-state index is 0.513. The Morgan fingerprint density at radius 1 is 1.16 bits per heavy atom. The average molecular weight is 277 g/mol. The number of anilines is 1. The molecule has 3 nitrogen and oxygen atoms in total. The Balaban J connectivity index is 2.33. The van der Waals surface area contributed by atoms with Crippen LogP contribution in [0.2, 0.25) is 0 Å². The van der Waals surface area contributed by atoms with Crippen LogP contribution in [0.1, 0.15) is 25.0 Å². The number of hydrogen-bond acceptors (Lipinski definition) is 2. The maximum absolute atomic E-state index is 5.59. The Labute approximate surface area is 121 Å². The van der Waals surface area contributed by atoms with Crippen LogP contribution in [0.5, 0.6) is 0 Å². The third kappa shape index (κ3) is 2.90. The molecule has 1 fully saturated rings. The number of hydrogen-bond donors (Lipinski definition) is 0. The van der Waals surface area contributed by atoms with Gasteiger partial charge in [0.05, 0.1) is 13.3 Å². The smallest absolute Gasteiger partial charge is 0.178 e. The van der Waals surface area contributed by atoms with E-state index in [0.717, 1.165) is 18.4 Å². The molecule has 104 valence electrons. The highest BCUT2D eigenvalue weighted by atomic mass is 32.1. The number of benzene rings is 1. The molecule has 0 unspecified atom stereocenters. The summed E-state index contributed by atoms with van der Waals surface area (Å²) in [4.78, 5) is 6.78. The van der Waals surface area contributed by atoms with Gasteiger partial charge in [0.25, 0.3) is 0 Å². The van der Waals surface area contributed by atoms with Crippen molar-refractivity contribution in [1.29, 1.82) is 0 Å². The number of nitrogens with zero attached hydrogens (tertiary/aromatic N) is 3. The lowest BCUT2D eigenvalue weighted by Gasteiger charge is -2.44. The Morgan fingerprint density at radius 2 is 1.84 bits per heavy atom. The molecule has 0 bridgehead atoms. The van der Waals surface area contributed by atoms with Crippen molar-refractivity contribution in [2.45, 2.75) is 33.7 Å². The topological polar surface area (TPSA) is 9.72 Å². The lowest BCUT2D eigenvalue weighted by atomic mass is 10.1. The predicted octanol–water partition coefficient (Wildman–Crippen LogP) is 2.97. The predicted molar refractivity (Wildman–Crippen MR) is 85.5 cm³/mol. The first-order valence-corrected chi connectivity index (χ1v) is 7.15. The second-order valence-corrected chi connectivity index (χ2v) is 6.03. The molecule has 1 aromatic rings. The van der Waals surface area contributed by atoms with Crippen molar-refractivity contribution >= 4 is 23.0 Å². The molecule has 1 heterocycles. The van der Waals surface area contributed by atoms with Crippen molar-refractivity contribution < 1.29 is 0 Å². The summed E-state index contributed by atoms with van der Waals surface area (Å²) < 4.78 is 0. The molecular weight excluding hydrogens is 254 g/mol. The van der Waals surface area contributed by atoms with Crippen LogP contribution in [-0.4, -0.2) is 41.3 Å². The summed E-state index contributed by atoms with van der Waals surface area (Å²) in [6.45, 7) is 10.5. The fourth-order valence-corrected chi connectivity index (χ4v) is 2.65. The molecule has 0 N–H and O–H groups in total. The van der Waals surface area contributed by atoms with Crippen LogP contribution in [0.3, 0.4) is 0 Å². The van der Waals surface area contributed by atoms with Gasteiger partial charge >= 0.3 is 0 Å².